The molecule has 1 aromatic heterocycles. The average molecular weight is 143 g/mol. The lowest BCUT2D eigenvalue weighted by Crippen LogP contribution is -1.86. The van der Waals surface area contributed by atoms with Crippen LogP contribution in [0, 0.1) is 0 Å². The summed E-state index contributed by atoms with van der Waals surface area (Å²) >= 11 is 5.74. The molecule has 0 aliphatic carbocycles. The highest BCUT2D eigenvalue weighted by Crippen LogP contribution is 2.15. The first-order valence-corrected chi connectivity index (χ1v) is 3.15. The molecule has 0 spiro atoms. The first-order valence-electron chi connectivity index (χ1n) is 2.71. The van der Waals surface area contributed by atoms with E-state index in [0.717, 1.165) is 5.56 Å². The van der Waals surface area contributed by atoms with Gasteiger partial charge in [0.25, 0.3) is 0 Å². The normalized spacial score (nSPS) is 13.1. The van der Waals surface area contributed by atoms with Crippen LogP contribution < -0.4 is 0 Å². The molecule has 0 aromatic carbocycles. The predicted octanol–water partition coefficient (Wildman–Crippen LogP) is 1.78. The standard InChI is InChI=1S/C6H7ClN2/c1-5(7)6-2-3-8-9-4-6/h2-5H,1H3. The van der Waals surface area contributed by atoms with Crippen LogP contribution in [0.15, 0.2) is 18.5 Å². The van der Waals surface area contributed by atoms with Crippen LogP contribution in [0.4, 0.5) is 0 Å². The van der Waals surface area contributed by atoms with Crippen LogP contribution in [0.3, 0.4) is 0 Å². The van der Waals surface area contributed by atoms with Gasteiger partial charge in [-0.1, -0.05) is 0 Å². The van der Waals surface area contributed by atoms with Crippen molar-refractivity contribution in [1.82, 2.24) is 10.2 Å². The molecular weight excluding hydrogens is 136 g/mol. The third-order valence-electron chi connectivity index (χ3n) is 1.07. The topological polar surface area (TPSA) is 25.8 Å². The van der Waals surface area contributed by atoms with E-state index in [-0.39, 0.29) is 5.38 Å². The third kappa shape index (κ3) is 1.64. The van der Waals surface area contributed by atoms with Crippen LogP contribution in [-0.4, -0.2) is 10.2 Å². The summed E-state index contributed by atoms with van der Waals surface area (Å²) in [4.78, 5) is 0. The van der Waals surface area contributed by atoms with Gasteiger partial charge in [-0.05, 0) is 18.6 Å². The van der Waals surface area contributed by atoms with Crippen molar-refractivity contribution < 1.29 is 0 Å². The van der Waals surface area contributed by atoms with Gasteiger partial charge in [0.2, 0.25) is 0 Å². The van der Waals surface area contributed by atoms with Crippen molar-refractivity contribution in [3.8, 4) is 0 Å². The Labute approximate surface area is 58.9 Å². The Kier molecular flexibility index (Phi) is 2.01. The van der Waals surface area contributed by atoms with Gasteiger partial charge in [-0.25, -0.2) is 0 Å². The lowest BCUT2D eigenvalue weighted by Gasteiger charge is -1.97. The smallest absolute Gasteiger partial charge is 0.0573 e. The first kappa shape index (κ1) is 6.49. The zero-order chi connectivity index (χ0) is 6.69. The Morgan fingerprint density at radius 1 is 1.56 bits per heavy atom. The predicted molar refractivity (Wildman–Crippen MR) is 36.3 cm³/mol. The maximum Gasteiger partial charge on any atom is 0.0573 e. The molecule has 1 unspecified atom stereocenters. The molecule has 0 saturated carbocycles. The second kappa shape index (κ2) is 2.78. The Hall–Kier alpha value is -0.630. The summed E-state index contributed by atoms with van der Waals surface area (Å²) < 4.78 is 0. The molecule has 1 rings (SSSR count). The van der Waals surface area contributed by atoms with Gasteiger partial charge in [0.15, 0.2) is 0 Å². The van der Waals surface area contributed by atoms with Crippen molar-refractivity contribution in [3.63, 3.8) is 0 Å². The van der Waals surface area contributed by atoms with E-state index < -0.39 is 0 Å². The summed E-state index contributed by atoms with van der Waals surface area (Å²) in [5.41, 5.74) is 1.01. The van der Waals surface area contributed by atoms with E-state index in [2.05, 4.69) is 10.2 Å². The van der Waals surface area contributed by atoms with Crippen molar-refractivity contribution in [2.45, 2.75) is 12.3 Å². The fourth-order valence-electron chi connectivity index (χ4n) is 0.536. The van der Waals surface area contributed by atoms with Gasteiger partial charge in [-0.3, -0.25) is 0 Å². The Morgan fingerprint density at radius 3 is 2.67 bits per heavy atom. The molecule has 9 heavy (non-hydrogen) atoms. The summed E-state index contributed by atoms with van der Waals surface area (Å²) in [6.45, 7) is 1.90. The lowest BCUT2D eigenvalue weighted by atomic mass is 10.2. The van der Waals surface area contributed by atoms with Gasteiger partial charge in [-0.2, -0.15) is 10.2 Å². The fraction of sp³-hybridized carbons (Fsp3) is 0.333. The highest BCUT2D eigenvalue weighted by atomic mass is 35.5. The SMILES string of the molecule is CC(Cl)c1ccnnc1. The zero-order valence-corrected chi connectivity index (χ0v) is 5.84. The van der Waals surface area contributed by atoms with Crippen molar-refractivity contribution in [2.24, 2.45) is 0 Å². The average Bonchev–Trinajstić information content (AvgIpc) is 1.90. The quantitative estimate of drug-likeness (QED) is 0.559. The molecule has 0 amide bonds. The minimum atomic E-state index is 0.0282. The van der Waals surface area contributed by atoms with Crippen LogP contribution in [0.5, 0.6) is 0 Å². The highest BCUT2D eigenvalue weighted by molar-refractivity contribution is 6.20. The van der Waals surface area contributed by atoms with Gasteiger partial charge in [0, 0.05) is 6.20 Å². The maximum absolute atomic E-state index is 5.74. The number of alkyl halides is 1. The number of halogens is 1. The fourth-order valence-corrected chi connectivity index (χ4v) is 0.665. The number of rotatable bonds is 1. The van der Waals surface area contributed by atoms with E-state index >= 15 is 0 Å². The molecule has 48 valence electrons. The summed E-state index contributed by atoms with van der Waals surface area (Å²) in [6, 6.07) is 1.85. The molecule has 0 aliphatic heterocycles. The molecule has 1 heterocycles. The molecule has 0 bridgehead atoms. The molecule has 0 fully saturated rings. The van der Waals surface area contributed by atoms with Gasteiger partial charge in [0.05, 0.1) is 11.6 Å². The molecule has 2 nitrogen and oxygen atoms in total. The summed E-state index contributed by atoms with van der Waals surface area (Å²) in [6.07, 6.45) is 3.30. The minimum absolute atomic E-state index is 0.0282. The van der Waals surface area contributed by atoms with Gasteiger partial charge < -0.3 is 0 Å². The molecule has 1 aromatic rings. The Bertz CT molecular complexity index is 174. The molecular formula is C6H7ClN2. The first-order chi connectivity index (χ1) is 4.30. The van der Waals surface area contributed by atoms with E-state index in [1.165, 1.54) is 0 Å². The number of hydrogen-bond donors (Lipinski definition) is 0. The highest BCUT2D eigenvalue weighted by Gasteiger charge is 1.97. The van der Waals surface area contributed by atoms with E-state index in [9.17, 15) is 0 Å². The maximum atomic E-state index is 5.74. The van der Waals surface area contributed by atoms with Crippen molar-refractivity contribution >= 4 is 11.6 Å². The van der Waals surface area contributed by atoms with E-state index in [4.69, 9.17) is 11.6 Å². The number of aromatic nitrogens is 2. The van der Waals surface area contributed by atoms with Crippen LogP contribution in [-0.2, 0) is 0 Å². The molecule has 0 radical (unpaired) electrons. The third-order valence-corrected chi connectivity index (χ3v) is 1.32. The van der Waals surface area contributed by atoms with Crippen molar-refractivity contribution in [1.29, 1.82) is 0 Å². The van der Waals surface area contributed by atoms with E-state index in [0.29, 0.717) is 0 Å². The summed E-state index contributed by atoms with van der Waals surface area (Å²) in [5, 5.41) is 7.32. The van der Waals surface area contributed by atoms with Crippen LogP contribution in [0.2, 0.25) is 0 Å². The van der Waals surface area contributed by atoms with Crippen LogP contribution >= 0.6 is 11.6 Å². The zero-order valence-electron chi connectivity index (χ0n) is 5.08. The number of nitrogens with zero attached hydrogens (tertiary/aromatic N) is 2. The molecule has 1 atom stereocenters. The van der Waals surface area contributed by atoms with Gasteiger partial charge in [0.1, 0.15) is 0 Å². The van der Waals surface area contributed by atoms with Crippen LogP contribution in [0.1, 0.15) is 17.9 Å². The summed E-state index contributed by atoms with van der Waals surface area (Å²) in [5.74, 6) is 0. The lowest BCUT2D eigenvalue weighted by molar-refractivity contribution is 0.968. The largest absolute Gasteiger partial charge is 0.159 e. The molecule has 0 N–H and O–H groups in total. The molecule has 0 aliphatic rings. The second-order valence-corrected chi connectivity index (χ2v) is 2.45. The van der Waals surface area contributed by atoms with E-state index in [1.807, 2.05) is 13.0 Å². The summed E-state index contributed by atoms with van der Waals surface area (Å²) in [7, 11) is 0. The van der Waals surface area contributed by atoms with Crippen LogP contribution in [0.25, 0.3) is 0 Å². The van der Waals surface area contributed by atoms with Crippen molar-refractivity contribution in [2.75, 3.05) is 0 Å². The monoisotopic (exact) mass is 142 g/mol. The second-order valence-electron chi connectivity index (χ2n) is 1.79. The van der Waals surface area contributed by atoms with E-state index in [1.54, 1.807) is 12.4 Å². The number of hydrogen-bond acceptors (Lipinski definition) is 2. The molecule has 3 heteroatoms. The minimum Gasteiger partial charge on any atom is -0.159 e. The van der Waals surface area contributed by atoms with Gasteiger partial charge >= 0.3 is 0 Å². The Morgan fingerprint density at radius 2 is 2.33 bits per heavy atom. The Balaban J connectivity index is 2.85. The molecule has 0 saturated heterocycles. The van der Waals surface area contributed by atoms with Gasteiger partial charge in [-0.15, -0.1) is 11.6 Å². The van der Waals surface area contributed by atoms with Crippen molar-refractivity contribution in [3.05, 3.63) is 24.0 Å².